The number of fused-ring (bicyclic) bond motifs is 5. The lowest BCUT2D eigenvalue weighted by Gasteiger charge is -2.58. The van der Waals surface area contributed by atoms with Crippen molar-refractivity contribution in [3.05, 3.63) is 11.6 Å². The van der Waals surface area contributed by atoms with Gasteiger partial charge in [0.2, 0.25) is 0 Å². The van der Waals surface area contributed by atoms with Crippen molar-refractivity contribution in [2.24, 2.45) is 46.3 Å². The minimum Gasteiger partial charge on any atom is -0.446 e. The van der Waals surface area contributed by atoms with Crippen molar-refractivity contribution in [3.63, 3.8) is 0 Å². The van der Waals surface area contributed by atoms with E-state index in [0.29, 0.717) is 18.4 Å². The Morgan fingerprint density at radius 1 is 1.07 bits per heavy atom. The third-order valence-corrected chi connectivity index (χ3v) is 12.3. The standard InChI is InChI=1S/C33H56NO6P/c1-22(2)7-6-8-23(3)28-11-12-29-27-10-9-24-21-26(13-17-32(24,4)30(27)14-18-33(28,29)5)40-31(36)34-19-15-25(35)16-20-39-41(37)38/h9,22-23,25-30,35H,6-8,10-21H2,1-5H3,(H-,34,36,37,38)/p+1/t23-,25?,26+,27+,28-,29+,30+,32+,33-/m1/s1. The van der Waals surface area contributed by atoms with Gasteiger partial charge in [-0.25, -0.2) is 4.79 Å². The molecule has 2 unspecified atom stereocenters. The summed E-state index contributed by atoms with van der Waals surface area (Å²) in [4.78, 5) is 21.1. The highest BCUT2D eigenvalue weighted by Crippen LogP contribution is 2.67. The fourth-order valence-corrected chi connectivity index (χ4v) is 9.96. The van der Waals surface area contributed by atoms with Crippen LogP contribution in [0.5, 0.6) is 0 Å². The Bertz CT molecular complexity index is 941. The Kier molecular flexibility index (Phi) is 11.4. The van der Waals surface area contributed by atoms with Crippen LogP contribution in [0, 0.1) is 46.3 Å². The maximum Gasteiger partial charge on any atom is 0.694 e. The maximum atomic E-state index is 12.5. The topological polar surface area (TPSA) is 105 Å². The van der Waals surface area contributed by atoms with Crippen molar-refractivity contribution in [1.82, 2.24) is 5.32 Å². The van der Waals surface area contributed by atoms with Crippen molar-refractivity contribution in [1.29, 1.82) is 0 Å². The van der Waals surface area contributed by atoms with E-state index in [-0.39, 0.29) is 24.5 Å². The number of alkyl carbamates (subject to hydrolysis) is 1. The van der Waals surface area contributed by atoms with E-state index >= 15 is 0 Å². The second kappa shape index (κ2) is 14.2. The van der Waals surface area contributed by atoms with Crippen LogP contribution >= 0.6 is 8.25 Å². The van der Waals surface area contributed by atoms with Crippen LogP contribution in [0.2, 0.25) is 0 Å². The van der Waals surface area contributed by atoms with Gasteiger partial charge in [0, 0.05) is 24.0 Å². The predicted octanol–water partition coefficient (Wildman–Crippen LogP) is 7.93. The van der Waals surface area contributed by atoms with Crippen LogP contribution in [0.3, 0.4) is 0 Å². The van der Waals surface area contributed by atoms with Crippen molar-refractivity contribution in [3.8, 4) is 0 Å². The number of hydrogen-bond acceptors (Lipinski definition) is 5. The van der Waals surface area contributed by atoms with Gasteiger partial charge in [0.25, 0.3) is 0 Å². The first-order valence-corrected chi connectivity index (χ1v) is 17.7. The number of hydrogen-bond donors (Lipinski definition) is 3. The molecule has 3 fully saturated rings. The molecular formula is C33H57NO6P+. The van der Waals surface area contributed by atoms with E-state index in [1.807, 2.05) is 0 Å². The quantitative estimate of drug-likeness (QED) is 0.148. The Labute approximate surface area is 249 Å². The summed E-state index contributed by atoms with van der Waals surface area (Å²) < 4.78 is 20.9. The first-order chi connectivity index (χ1) is 19.4. The molecular weight excluding hydrogens is 537 g/mol. The van der Waals surface area contributed by atoms with Crippen LogP contribution in [0.25, 0.3) is 0 Å². The fourth-order valence-electron chi connectivity index (χ4n) is 9.70. The summed E-state index contributed by atoms with van der Waals surface area (Å²) in [5, 5.41) is 12.7. The highest BCUT2D eigenvalue weighted by molar-refractivity contribution is 7.32. The molecule has 0 aliphatic heterocycles. The molecule has 4 rings (SSSR count). The molecule has 3 saturated carbocycles. The Hall–Kier alpha value is -1.01. The molecule has 0 aromatic rings. The number of nitrogens with one attached hydrogen (secondary N) is 1. The third-order valence-electron chi connectivity index (χ3n) is 11.9. The van der Waals surface area contributed by atoms with Crippen molar-refractivity contribution in [2.75, 3.05) is 13.2 Å². The number of aliphatic hydroxyl groups excluding tert-OH is 1. The van der Waals surface area contributed by atoms with Crippen molar-refractivity contribution < 1.29 is 28.6 Å². The third kappa shape index (κ3) is 7.75. The van der Waals surface area contributed by atoms with Gasteiger partial charge in [0.05, 0.1) is 6.10 Å². The second-order valence-electron chi connectivity index (χ2n) is 14.8. The number of allylic oxidation sites excluding steroid dienone is 1. The molecule has 4 aliphatic carbocycles. The number of rotatable bonds is 13. The molecule has 4 aliphatic rings. The van der Waals surface area contributed by atoms with E-state index in [0.717, 1.165) is 54.8 Å². The summed E-state index contributed by atoms with van der Waals surface area (Å²) in [6.45, 7) is 12.7. The normalized spacial score (nSPS) is 36.4. The first-order valence-electron chi connectivity index (χ1n) is 16.5. The molecule has 7 nitrogen and oxygen atoms in total. The van der Waals surface area contributed by atoms with Gasteiger partial charge in [-0.1, -0.05) is 65.5 Å². The molecule has 234 valence electrons. The summed E-state index contributed by atoms with van der Waals surface area (Å²) in [7, 11) is -2.65. The molecule has 0 heterocycles. The molecule has 1 amide bonds. The average Bonchev–Trinajstić information content (AvgIpc) is 3.25. The van der Waals surface area contributed by atoms with Gasteiger partial charge in [-0.3, -0.25) is 0 Å². The summed E-state index contributed by atoms with van der Waals surface area (Å²) in [5.74, 6) is 4.91. The van der Waals surface area contributed by atoms with Crippen LogP contribution in [0.15, 0.2) is 11.6 Å². The molecule has 0 spiro atoms. The van der Waals surface area contributed by atoms with Gasteiger partial charge in [-0.15, -0.1) is 9.42 Å². The van der Waals surface area contributed by atoms with Crippen LogP contribution in [0.4, 0.5) is 4.79 Å². The predicted molar refractivity (Wildman–Crippen MR) is 162 cm³/mol. The molecule has 10 atom stereocenters. The number of carbonyl (C=O) groups is 1. The number of amides is 1. The van der Waals surface area contributed by atoms with Gasteiger partial charge in [0.15, 0.2) is 0 Å². The Balaban J connectivity index is 1.28. The molecule has 41 heavy (non-hydrogen) atoms. The molecule has 8 heteroatoms. The van der Waals surface area contributed by atoms with Gasteiger partial charge in [-0.2, -0.15) is 0 Å². The van der Waals surface area contributed by atoms with Crippen LogP contribution in [-0.2, 0) is 13.8 Å². The molecule has 0 radical (unpaired) electrons. The lowest BCUT2D eigenvalue weighted by Crippen LogP contribution is -2.51. The monoisotopic (exact) mass is 594 g/mol. The lowest BCUT2D eigenvalue weighted by atomic mass is 9.47. The second-order valence-corrected chi connectivity index (χ2v) is 15.5. The summed E-state index contributed by atoms with van der Waals surface area (Å²) in [6, 6.07) is 0. The van der Waals surface area contributed by atoms with Crippen LogP contribution in [-0.4, -0.2) is 41.5 Å². The first kappa shape index (κ1) is 32.9. The van der Waals surface area contributed by atoms with Gasteiger partial charge >= 0.3 is 14.3 Å². The van der Waals surface area contributed by atoms with E-state index < -0.39 is 20.5 Å². The van der Waals surface area contributed by atoms with E-state index in [1.54, 1.807) is 0 Å². The minimum atomic E-state index is -2.65. The fraction of sp³-hybridized carbons (Fsp3) is 0.909. The lowest BCUT2D eigenvalue weighted by molar-refractivity contribution is -0.0581. The van der Waals surface area contributed by atoms with Crippen LogP contribution < -0.4 is 5.32 Å². The molecule has 0 saturated heterocycles. The van der Waals surface area contributed by atoms with Crippen molar-refractivity contribution in [2.45, 2.75) is 130 Å². The Morgan fingerprint density at radius 2 is 1.85 bits per heavy atom. The van der Waals surface area contributed by atoms with Gasteiger partial charge in [0.1, 0.15) is 12.7 Å². The SMILES string of the molecule is CC(C)CCC[C@@H](C)[C@H]1CC[C@H]2[C@@H]3CC=C4C[C@@H](OC(=O)NCCC(O)CCO[P+](=O)O)CC[C@]4(C)[C@H]3CC[C@]12C. The van der Waals surface area contributed by atoms with E-state index in [4.69, 9.17) is 9.63 Å². The smallest absolute Gasteiger partial charge is 0.446 e. The van der Waals surface area contributed by atoms with Crippen LogP contribution in [0.1, 0.15) is 118 Å². The van der Waals surface area contributed by atoms with E-state index in [9.17, 15) is 14.5 Å². The Morgan fingerprint density at radius 3 is 2.59 bits per heavy atom. The summed E-state index contributed by atoms with van der Waals surface area (Å²) >= 11 is 0. The molecule has 0 aromatic carbocycles. The number of aliphatic hydroxyl groups is 1. The van der Waals surface area contributed by atoms with Gasteiger partial charge in [-0.05, 0) is 97.7 Å². The molecule has 3 N–H and O–H groups in total. The highest BCUT2D eigenvalue weighted by Gasteiger charge is 2.59. The van der Waals surface area contributed by atoms with E-state index in [2.05, 4.69) is 50.5 Å². The average molecular weight is 595 g/mol. The summed E-state index contributed by atoms with van der Waals surface area (Å²) in [5.41, 5.74) is 2.24. The zero-order valence-corrected chi connectivity index (χ0v) is 27.2. The molecule has 0 bridgehead atoms. The molecule has 0 aromatic heterocycles. The largest absolute Gasteiger partial charge is 0.694 e. The van der Waals surface area contributed by atoms with Crippen molar-refractivity contribution >= 4 is 14.3 Å². The highest BCUT2D eigenvalue weighted by atomic mass is 31.1. The zero-order chi connectivity index (χ0) is 29.8. The van der Waals surface area contributed by atoms with Gasteiger partial charge < -0.3 is 15.2 Å². The summed E-state index contributed by atoms with van der Waals surface area (Å²) in [6.07, 6.45) is 15.6. The van der Waals surface area contributed by atoms with E-state index in [1.165, 1.54) is 56.9 Å². The maximum absolute atomic E-state index is 12.5. The number of carbonyl (C=O) groups excluding carboxylic acids is 1. The number of ether oxygens (including phenoxy) is 1. The minimum absolute atomic E-state index is 0.00720. The zero-order valence-electron chi connectivity index (χ0n) is 26.3.